The number of anilines is 1. The average Bonchev–Trinajstić information content (AvgIpc) is 3.48. The first-order valence-corrected chi connectivity index (χ1v) is 11.1. The van der Waals surface area contributed by atoms with Crippen LogP contribution in [0.5, 0.6) is 0 Å². The number of para-hydroxylation sites is 1. The monoisotopic (exact) mass is 425 g/mol. The Bertz CT molecular complexity index is 1020. The van der Waals surface area contributed by atoms with Crippen LogP contribution in [0.25, 0.3) is 0 Å². The Kier molecular flexibility index (Phi) is 5.63. The quantitative estimate of drug-likeness (QED) is 0.683. The Morgan fingerprint density at radius 2 is 1.58 bits per heavy atom. The number of piperazine rings is 1. The van der Waals surface area contributed by atoms with Crippen LogP contribution in [0, 0.1) is 11.6 Å². The van der Waals surface area contributed by atoms with Crippen LogP contribution in [-0.4, -0.2) is 46.4 Å². The molecule has 0 bridgehead atoms. The molecule has 5 rings (SSSR count). The lowest BCUT2D eigenvalue weighted by molar-refractivity contribution is -0.927. The van der Waals surface area contributed by atoms with Gasteiger partial charge in [0.15, 0.2) is 6.04 Å². The van der Waals surface area contributed by atoms with Crippen molar-refractivity contribution in [1.82, 2.24) is 20.2 Å². The van der Waals surface area contributed by atoms with Crippen molar-refractivity contribution in [1.29, 1.82) is 0 Å². The second kappa shape index (κ2) is 8.70. The second-order valence-corrected chi connectivity index (χ2v) is 8.47. The zero-order chi connectivity index (χ0) is 21.2. The Labute approximate surface area is 180 Å². The Hall–Kier alpha value is -2.87. The zero-order valence-corrected chi connectivity index (χ0v) is 17.4. The molecule has 2 fully saturated rings. The molecule has 1 aliphatic heterocycles. The Morgan fingerprint density at radius 1 is 0.903 bits per heavy atom. The number of hydrogen-bond acceptors (Lipinski definition) is 4. The molecule has 1 atom stereocenters. The molecule has 1 N–H and O–H groups in total. The highest BCUT2D eigenvalue weighted by atomic mass is 19.1. The molecule has 2 aliphatic rings. The van der Waals surface area contributed by atoms with E-state index in [0.29, 0.717) is 24.3 Å². The normalized spacial score (nSPS) is 19.1. The van der Waals surface area contributed by atoms with Gasteiger partial charge in [0.25, 0.3) is 0 Å². The fourth-order valence-corrected chi connectivity index (χ4v) is 5.08. The van der Waals surface area contributed by atoms with Crippen LogP contribution < -0.4 is 9.80 Å². The van der Waals surface area contributed by atoms with E-state index in [0.717, 1.165) is 31.8 Å². The second-order valence-electron chi connectivity index (χ2n) is 8.47. The minimum Gasteiger partial charge on any atom is -0.358 e. The molecule has 2 aromatic carbocycles. The van der Waals surface area contributed by atoms with Gasteiger partial charge in [0.05, 0.1) is 43.5 Å². The molecular formula is C23H27F2N6+. The van der Waals surface area contributed by atoms with E-state index >= 15 is 0 Å². The fourth-order valence-electron chi connectivity index (χ4n) is 5.08. The highest BCUT2D eigenvalue weighted by Gasteiger charge is 2.37. The van der Waals surface area contributed by atoms with E-state index < -0.39 is 0 Å². The topological polar surface area (TPSA) is 51.3 Å². The highest BCUT2D eigenvalue weighted by Crippen LogP contribution is 2.31. The van der Waals surface area contributed by atoms with Gasteiger partial charge >= 0.3 is 0 Å². The number of benzene rings is 2. The largest absolute Gasteiger partial charge is 0.358 e. The van der Waals surface area contributed by atoms with Gasteiger partial charge < -0.3 is 9.80 Å². The summed E-state index contributed by atoms with van der Waals surface area (Å²) >= 11 is 0. The van der Waals surface area contributed by atoms with Crippen molar-refractivity contribution in [3.05, 3.63) is 71.6 Å². The molecule has 2 heterocycles. The van der Waals surface area contributed by atoms with Gasteiger partial charge in [0, 0.05) is 0 Å². The summed E-state index contributed by atoms with van der Waals surface area (Å²) < 4.78 is 31.1. The van der Waals surface area contributed by atoms with Crippen LogP contribution in [-0.2, 0) is 0 Å². The summed E-state index contributed by atoms with van der Waals surface area (Å²) in [7, 11) is 0. The highest BCUT2D eigenvalue weighted by molar-refractivity contribution is 5.47. The van der Waals surface area contributed by atoms with Gasteiger partial charge in [0.2, 0.25) is 5.82 Å². The first kappa shape index (κ1) is 20.1. The van der Waals surface area contributed by atoms with Gasteiger partial charge in [-0.2, -0.15) is 0 Å². The van der Waals surface area contributed by atoms with Gasteiger partial charge in [0.1, 0.15) is 11.6 Å². The lowest BCUT2D eigenvalue weighted by atomic mass is 10.0. The number of hydrogen-bond donors (Lipinski definition) is 1. The number of nitrogens with zero attached hydrogens (tertiary/aromatic N) is 5. The van der Waals surface area contributed by atoms with E-state index in [2.05, 4.69) is 20.4 Å². The van der Waals surface area contributed by atoms with Crippen molar-refractivity contribution in [2.75, 3.05) is 31.1 Å². The van der Waals surface area contributed by atoms with Crippen LogP contribution in [0.15, 0.2) is 48.5 Å². The van der Waals surface area contributed by atoms with Crippen LogP contribution in [0.4, 0.5) is 14.5 Å². The summed E-state index contributed by atoms with van der Waals surface area (Å²) in [6.07, 6.45) is 4.45. The molecule has 3 aromatic rings. The van der Waals surface area contributed by atoms with E-state index in [9.17, 15) is 8.78 Å². The number of quaternary nitrogens is 1. The number of halogens is 2. The standard InChI is InChI=1S/C23H26F2N6/c24-19-10-4-3-9-18(19)22(23-26-27-28-31(23)17-7-1-2-8-17)30-15-13-29(14-16-30)21-12-6-5-11-20(21)25/h3-6,9-12,17,22H,1-2,7-8,13-16H2/p+1/t22-/m0/s1. The lowest BCUT2D eigenvalue weighted by Crippen LogP contribution is -3.15. The predicted octanol–water partition coefficient (Wildman–Crippen LogP) is 2.56. The molecule has 1 saturated carbocycles. The molecular weight excluding hydrogens is 398 g/mol. The summed E-state index contributed by atoms with van der Waals surface area (Å²) in [6.45, 7) is 2.86. The number of rotatable bonds is 5. The molecule has 0 unspecified atom stereocenters. The molecule has 1 saturated heterocycles. The van der Waals surface area contributed by atoms with Gasteiger partial charge in [-0.15, -0.1) is 5.10 Å². The van der Waals surface area contributed by atoms with Crippen molar-refractivity contribution < 1.29 is 13.7 Å². The van der Waals surface area contributed by atoms with Crippen molar-refractivity contribution in [3.8, 4) is 0 Å². The number of tetrazole rings is 1. The third-order valence-electron chi connectivity index (χ3n) is 6.67. The molecule has 0 spiro atoms. The van der Waals surface area contributed by atoms with Gasteiger partial charge in [-0.25, -0.2) is 13.5 Å². The van der Waals surface area contributed by atoms with Crippen LogP contribution in [0.2, 0.25) is 0 Å². The zero-order valence-electron chi connectivity index (χ0n) is 17.4. The Morgan fingerprint density at radius 3 is 2.29 bits per heavy atom. The molecule has 162 valence electrons. The molecule has 0 radical (unpaired) electrons. The maximum absolute atomic E-state index is 14.9. The Balaban J connectivity index is 1.45. The SMILES string of the molecule is Fc1ccccc1[C@@H](c1nnnn1C1CCCC1)[NH+]1CCN(c2ccccc2F)CC1. The molecule has 1 aliphatic carbocycles. The predicted molar refractivity (Wildman–Crippen MR) is 113 cm³/mol. The van der Waals surface area contributed by atoms with Gasteiger partial charge in [-0.05, 0) is 47.5 Å². The minimum absolute atomic E-state index is 0.207. The smallest absolute Gasteiger partial charge is 0.214 e. The number of nitrogens with one attached hydrogen (secondary N) is 1. The number of aromatic nitrogens is 4. The maximum atomic E-state index is 14.9. The summed E-state index contributed by atoms with van der Waals surface area (Å²) in [5.41, 5.74) is 1.24. The molecule has 0 amide bonds. The third kappa shape index (κ3) is 3.92. The molecule has 31 heavy (non-hydrogen) atoms. The maximum Gasteiger partial charge on any atom is 0.214 e. The molecule has 1 aromatic heterocycles. The minimum atomic E-state index is -0.292. The fraction of sp³-hybridized carbons (Fsp3) is 0.435. The van der Waals surface area contributed by atoms with E-state index in [4.69, 9.17) is 0 Å². The average molecular weight is 426 g/mol. The molecule has 6 nitrogen and oxygen atoms in total. The van der Waals surface area contributed by atoms with E-state index in [-0.39, 0.29) is 23.7 Å². The van der Waals surface area contributed by atoms with E-state index in [1.54, 1.807) is 12.1 Å². The first-order chi connectivity index (χ1) is 15.2. The van der Waals surface area contributed by atoms with Crippen LogP contribution in [0.3, 0.4) is 0 Å². The van der Waals surface area contributed by atoms with E-state index in [1.165, 1.54) is 29.9 Å². The van der Waals surface area contributed by atoms with Crippen molar-refractivity contribution in [2.24, 2.45) is 0 Å². The van der Waals surface area contributed by atoms with Gasteiger partial charge in [-0.1, -0.05) is 37.1 Å². The summed E-state index contributed by atoms with van der Waals surface area (Å²) in [6, 6.07) is 13.8. The van der Waals surface area contributed by atoms with Gasteiger partial charge in [-0.3, -0.25) is 0 Å². The summed E-state index contributed by atoms with van der Waals surface area (Å²) in [5, 5.41) is 12.7. The first-order valence-electron chi connectivity index (χ1n) is 11.1. The van der Waals surface area contributed by atoms with Crippen molar-refractivity contribution in [2.45, 2.75) is 37.8 Å². The van der Waals surface area contributed by atoms with Crippen molar-refractivity contribution in [3.63, 3.8) is 0 Å². The molecule has 8 heteroatoms. The summed E-state index contributed by atoms with van der Waals surface area (Å²) in [4.78, 5) is 3.27. The van der Waals surface area contributed by atoms with Crippen LogP contribution in [0.1, 0.15) is 49.2 Å². The lowest BCUT2D eigenvalue weighted by Gasteiger charge is -2.37. The van der Waals surface area contributed by atoms with Crippen LogP contribution >= 0.6 is 0 Å². The van der Waals surface area contributed by atoms with Crippen molar-refractivity contribution >= 4 is 5.69 Å². The summed E-state index contributed by atoms with van der Waals surface area (Å²) in [5.74, 6) is 0.283. The third-order valence-corrected chi connectivity index (χ3v) is 6.67. The van der Waals surface area contributed by atoms with E-state index in [1.807, 2.05) is 28.9 Å².